The van der Waals surface area contributed by atoms with Gasteiger partial charge >= 0.3 is 12.0 Å². The zero-order valence-electron chi connectivity index (χ0n) is 9.31. The lowest BCUT2D eigenvalue weighted by Gasteiger charge is -2.15. The Bertz CT molecular complexity index is 406. The van der Waals surface area contributed by atoms with Gasteiger partial charge in [0.1, 0.15) is 6.54 Å². The smallest absolute Gasteiger partial charge is 0.323 e. The highest BCUT2D eigenvalue weighted by molar-refractivity contribution is 6.30. The van der Waals surface area contributed by atoms with Crippen molar-refractivity contribution >= 4 is 23.6 Å². The van der Waals surface area contributed by atoms with Crippen LogP contribution in [0.25, 0.3) is 0 Å². The third kappa shape index (κ3) is 4.74. The van der Waals surface area contributed by atoms with E-state index in [1.54, 1.807) is 24.3 Å². The predicted octanol–water partition coefficient (Wildman–Crippen LogP) is 1.57. The Labute approximate surface area is 104 Å². The number of likely N-dealkylation sites (N-methyl/N-ethyl adjacent to an activating group) is 1. The van der Waals surface area contributed by atoms with Crippen LogP contribution >= 0.6 is 11.6 Å². The van der Waals surface area contributed by atoms with E-state index in [1.165, 1.54) is 7.05 Å². The van der Waals surface area contributed by atoms with Crippen LogP contribution in [-0.4, -0.2) is 35.6 Å². The Balaban J connectivity index is 2.42. The molecule has 0 aliphatic carbocycles. The van der Waals surface area contributed by atoms with Crippen molar-refractivity contribution in [3.63, 3.8) is 0 Å². The molecule has 1 aromatic carbocycles. The van der Waals surface area contributed by atoms with Gasteiger partial charge in [-0.1, -0.05) is 23.7 Å². The van der Waals surface area contributed by atoms with Crippen LogP contribution in [0, 0.1) is 0 Å². The van der Waals surface area contributed by atoms with E-state index < -0.39 is 12.0 Å². The summed E-state index contributed by atoms with van der Waals surface area (Å²) in [5.41, 5.74) is 0.895. The van der Waals surface area contributed by atoms with Gasteiger partial charge in [-0.3, -0.25) is 4.79 Å². The molecule has 17 heavy (non-hydrogen) atoms. The molecule has 0 atom stereocenters. The summed E-state index contributed by atoms with van der Waals surface area (Å²) in [6.45, 7) is 0.00636. The van der Waals surface area contributed by atoms with E-state index in [9.17, 15) is 9.59 Å². The standard InChI is InChI=1S/C11H13ClN2O3/c1-14(7-10(15)16)11(17)13-6-8-2-4-9(12)5-3-8/h2-5H,6-7H2,1H3,(H,13,17)(H,15,16). The molecule has 0 aliphatic heterocycles. The average molecular weight is 257 g/mol. The normalized spacial score (nSPS) is 9.76. The molecule has 0 fully saturated rings. The number of carboxylic acids is 1. The molecule has 6 heteroatoms. The summed E-state index contributed by atoms with van der Waals surface area (Å²) in [5.74, 6) is -1.05. The third-order valence-electron chi connectivity index (χ3n) is 2.08. The Hall–Kier alpha value is -1.75. The Kier molecular flexibility index (Phi) is 4.78. The molecule has 0 heterocycles. The number of urea groups is 1. The van der Waals surface area contributed by atoms with Gasteiger partial charge in [-0.15, -0.1) is 0 Å². The van der Waals surface area contributed by atoms with E-state index in [0.29, 0.717) is 11.6 Å². The van der Waals surface area contributed by atoms with E-state index in [1.807, 2.05) is 0 Å². The SMILES string of the molecule is CN(CC(=O)O)C(=O)NCc1ccc(Cl)cc1. The summed E-state index contributed by atoms with van der Waals surface area (Å²) in [7, 11) is 1.42. The number of hydrogen-bond acceptors (Lipinski definition) is 2. The number of carbonyl (C=O) groups is 2. The fraction of sp³-hybridized carbons (Fsp3) is 0.273. The number of benzene rings is 1. The minimum atomic E-state index is -1.05. The highest BCUT2D eigenvalue weighted by Crippen LogP contribution is 2.09. The van der Waals surface area contributed by atoms with Gasteiger partial charge in [0.05, 0.1) is 0 Å². The molecule has 1 aromatic rings. The molecule has 0 aliphatic rings. The van der Waals surface area contributed by atoms with Crippen LogP contribution in [0.5, 0.6) is 0 Å². The van der Waals surface area contributed by atoms with Gasteiger partial charge in [-0.25, -0.2) is 4.79 Å². The molecule has 0 spiro atoms. The number of nitrogens with one attached hydrogen (secondary N) is 1. The first-order valence-electron chi connectivity index (χ1n) is 4.94. The van der Waals surface area contributed by atoms with E-state index >= 15 is 0 Å². The van der Waals surface area contributed by atoms with Gasteiger partial charge in [-0.05, 0) is 17.7 Å². The molecule has 0 aromatic heterocycles. The molecule has 2 amide bonds. The fourth-order valence-electron chi connectivity index (χ4n) is 1.19. The van der Waals surface area contributed by atoms with Crippen LogP contribution in [0.3, 0.4) is 0 Å². The van der Waals surface area contributed by atoms with Crippen molar-refractivity contribution in [2.75, 3.05) is 13.6 Å². The van der Waals surface area contributed by atoms with E-state index in [2.05, 4.69) is 5.32 Å². The lowest BCUT2D eigenvalue weighted by Crippen LogP contribution is -2.39. The van der Waals surface area contributed by atoms with Crippen molar-refractivity contribution in [2.24, 2.45) is 0 Å². The van der Waals surface area contributed by atoms with Crippen LogP contribution < -0.4 is 5.32 Å². The monoisotopic (exact) mass is 256 g/mol. The van der Waals surface area contributed by atoms with E-state index in [4.69, 9.17) is 16.7 Å². The number of hydrogen-bond donors (Lipinski definition) is 2. The van der Waals surface area contributed by atoms with Crippen molar-refractivity contribution in [2.45, 2.75) is 6.54 Å². The highest BCUT2D eigenvalue weighted by atomic mass is 35.5. The van der Waals surface area contributed by atoms with Gasteiger partial charge < -0.3 is 15.3 Å². The summed E-state index contributed by atoms with van der Waals surface area (Å²) in [6, 6.07) is 6.61. The lowest BCUT2D eigenvalue weighted by molar-refractivity contribution is -0.137. The predicted molar refractivity (Wildman–Crippen MR) is 64.0 cm³/mol. The molecule has 0 bridgehead atoms. The highest BCUT2D eigenvalue weighted by Gasteiger charge is 2.10. The number of nitrogens with zero attached hydrogens (tertiary/aromatic N) is 1. The summed E-state index contributed by atoms with van der Waals surface area (Å²) < 4.78 is 0. The van der Waals surface area contributed by atoms with E-state index in [0.717, 1.165) is 10.5 Å². The van der Waals surface area contributed by atoms with Gasteiger partial charge in [0.15, 0.2) is 0 Å². The molecule has 0 radical (unpaired) electrons. The van der Waals surface area contributed by atoms with Crippen LogP contribution in [0.2, 0.25) is 5.02 Å². The Morgan fingerprint density at radius 1 is 1.35 bits per heavy atom. The Morgan fingerprint density at radius 2 is 1.94 bits per heavy atom. The second kappa shape index (κ2) is 6.10. The topological polar surface area (TPSA) is 69.6 Å². The number of amides is 2. The minimum absolute atomic E-state index is 0.327. The summed E-state index contributed by atoms with van der Waals surface area (Å²) in [5, 5.41) is 11.7. The summed E-state index contributed by atoms with van der Waals surface area (Å²) in [4.78, 5) is 22.9. The largest absolute Gasteiger partial charge is 0.480 e. The Morgan fingerprint density at radius 3 is 2.47 bits per heavy atom. The van der Waals surface area contributed by atoms with Crippen LogP contribution in [0.1, 0.15) is 5.56 Å². The average Bonchev–Trinajstić information content (AvgIpc) is 2.27. The second-order valence-electron chi connectivity index (χ2n) is 3.53. The quantitative estimate of drug-likeness (QED) is 0.859. The number of carboxylic acid groups (broad SMARTS) is 1. The van der Waals surface area contributed by atoms with Gasteiger partial charge in [0.25, 0.3) is 0 Å². The molecule has 0 saturated heterocycles. The number of rotatable bonds is 4. The van der Waals surface area contributed by atoms with Gasteiger partial charge in [0.2, 0.25) is 0 Å². The first kappa shape index (κ1) is 13.3. The maximum Gasteiger partial charge on any atom is 0.323 e. The molecule has 92 valence electrons. The number of carbonyl (C=O) groups excluding carboxylic acids is 1. The lowest BCUT2D eigenvalue weighted by atomic mass is 10.2. The van der Waals surface area contributed by atoms with Gasteiger partial charge in [0, 0.05) is 18.6 Å². The van der Waals surface area contributed by atoms with Gasteiger partial charge in [-0.2, -0.15) is 0 Å². The van der Waals surface area contributed by atoms with Crippen LogP contribution in [-0.2, 0) is 11.3 Å². The molecule has 2 N–H and O–H groups in total. The zero-order valence-corrected chi connectivity index (χ0v) is 10.1. The maximum atomic E-state index is 11.4. The molecule has 0 unspecified atom stereocenters. The number of aliphatic carboxylic acids is 1. The summed E-state index contributed by atoms with van der Waals surface area (Å²) >= 11 is 5.72. The third-order valence-corrected chi connectivity index (χ3v) is 2.33. The first-order valence-corrected chi connectivity index (χ1v) is 5.32. The minimum Gasteiger partial charge on any atom is -0.480 e. The van der Waals surface area contributed by atoms with Crippen molar-refractivity contribution in [1.29, 1.82) is 0 Å². The molecular weight excluding hydrogens is 244 g/mol. The second-order valence-corrected chi connectivity index (χ2v) is 3.97. The number of halogens is 1. The van der Waals surface area contributed by atoms with Crippen molar-refractivity contribution < 1.29 is 14.7 Å². The molecule has 1 rings (SSSR count). The van der Waals surface area contributed by atoms with Crippen molar-refractivity contribution in [3.05, 3.63) is 34.9 Å². The molecule has 0 saturated carbocycles. The van der Waals surface area contributed by atoms with Crippen molar-refractivity contribution in [3.8, 4) is 0 Å². The van der Waals surface area contributed by atoms with Crippen LogP contribution in [0.15, 0.2) is 24.3 Å². The molecule has 5 nitrogen and oxygen atoms in total. The first-order chi connectivity index (χ1) is 7.99. The maximum absolute atomic E-state index is 11.4. The van der Waals surface area contributed by atoms with E-state index in [-0.39, 0.29) is 6.54 Å². The molecular formula is C11H13ClN2O3. The fourth-order valence-corrected chi connectivity index (χ4v) is 1.32. The van der Waals surface area contributed by atoms with Crippen molar-refractivity contribution in [1.82, 2.24) is 10.2 Å². The summed E-state index contributed by atoms with van der Waals surface area (Å²) in [6.07, 6.45) is 0. The van der Waals surface area contributed by atoms with Crippen LogP contribution in [0.4, 0.5) is 4.79 Å². The zero-order chi connectivity index (χ0) is 12.8.